The van der Waals surface area contributed by atoms with Gasteiger partial charge in [0.25, 0.3) is 0 Å². The molecule has 1 aromatic carbocycles. The average molecular weight is 405 g/mol. The summed E-state index contributed by atoms with van der Waals surface area (Å²) in [5, 5.41) is 4.49. The van der Waals surface area contributed by atoms with Gasteiger partial charge in [0.05, 0.1) is 12.3 Å². The van der Waals surface area contributed by atoms with Crippen LogP contribution in [-0.2, 0) is 11.3 Å². The molecular formula is C23H33FN2OS. The van der Waals surface area contributed by atoms with E-state index in [1.165, 1.54) is 75.0 Å². The Bertz CT molecular complexity index is 693. The van der Waals surface area contributed by atoms with E-state index in [0.29, 0.717) is 6.61 Å². The van der Waals surface area contributed by atoms with E-state index in [9.17, 15) is 4.39 Å². The Labute approximate surface area is 172 Å². The van der Waals surface area contributed by atoms with E-state index in [2.05, 4.69) is 17.2 Å². The van der Waals surface area contributed by atoms with Crippen LogP contribution in [0.1, 0.15) is 61.9 Å². The summed E-state index contributed by atoms with van der Waals surface area (Å²) in [4.78, 5) is 5.86. The lowest BCUT2D eigenvalue weighted by atomic mass is 9.96. The van der Waals surface area contributed by atoms with Crippen molar-refractivity contribution < 1.29 is 9.13 Å². The molecule has 0 aliphatic carbocycles. The molecule has 0 radical (unpaired) electrons. The average Bonchev–Trinajstić information content (AvgIpc) is 2.90. The molecule has 1 atom stereocenters. The van der Waals surface area contributed by atoms with Gasteiger partial charge in [-0.25, -0.2) is 9.37 Å². The van der Waals surface area contributed by atoms with Gasteiger partial charge in [-0.2, -0.15) is 0 Å². The highest BCUT2D eigenvalue weighted by Gasteiger charge is 2.11. The summed E-state index contributed by atoms with van der Waals surface area (Å²) >= 11 is 1.64. The number of hydrogen-bond donors (Lipinski definition) is 1. The van der Waals surface area contributed by atoms with Gasteiger partial charge < -0.3 is 10.1 Å². The molecule has 1 N–H and O–H groups in total. The molecule has 0 bridgehead atoms. The van der Waals surface area contributed by atoms with Crippen molar-refractivity contribution in [3.8, 4) is 10.6 Å². The first-order chi connectivity index (χ1) is 13.7. The van der Waals surface area contributed by atoms with E-state index in [0.717, 1.165) is 35.2 Å². The van der Waals surface area contributed by atoms with E-state index in [-0.39, 0.29) is 5.82 Å². The molecule has 0 spiro atoms. The van der Waals surface area contributed by atoms with E-state index >= 15 is 0 Å². The normalized spacial score (nSPS) is 17.6. The molecule has 0 amide bonds. The number of thiazole rings is 1. The first kappa shape index (κ1) is 21.4. The molecule has 1 aliphatic heterocycles. The SMILES string of the molecule is Cc1sc(-c2ccc(F)cc2)nc1COCCCCCCC1CCCCNC1. The Morgan fingerprint density at radius 1 is 1.14 bits per heavy atom. The summed E-state index contributed by atoms with van der Waals surface area (Å²) in [6.07, 6.45) is 10.5. The number of halogens is 1. The lowest BCUT2D eigenvalue weighted by molar-refractivity contribution is 0.114. The molecule has 0 saturated carbocycles. The van der Waals surface area contributed by atoms with Crippen LogP contribution < -0.4 is 5.32 Å². The number of ether oxygens (including phenoxy) is 1. The second-order valence-corrected chi connectivity index (χ2v) is 9.05. The van der Waals surface area contributed by atoms with Crippen LogP contribution in [0.2, 0.25) is 0 Å². The quantitative estimate of drug-likeness (QED) is 0.485. The molecule has 1 saturated heterocycles. The number of nitrogens with zero attached hydrogens (tertiary/aromatic N) is 1. The van der Waals surface area contributed by atoms with Crippen LogP contribution in [0.5, 0.6) is 0 Å². The van der Waals surface area contributed by atoms with Gasteiger partial charge in [-0.3, -0.25) is 0 Å². The van der Waals surface area contributed by atoms with Crippen LogP contribution in [0.15, 0.2) is 24.3 Å². The highest BCUT2D eigenvalue weighted by Crippen LogP contribution is 2.28. The van der Waals surface area contributed by atoms with Gasteiger partial charge in [-0.1, -0.05) is 25.7 Å². The molecule has 5 heteroatoms. The lowest BCUT2D eigenvalue weighted by Gasteiger charge is -2.13. The fourth-order valence-electron chi connectivity index (χ4n) is 3.78. The predicted molar refractivity (Wildman–Crippen MR) is 115 cm³/mol. The van der Waals surface area contributed by atoms with Crippen LogP contribution in [0, 0.1) is 18.7 Å². The number of unbranched alkanes of at least 4 members (excludes halogenated alkanes) is 3. The number of nitrogens with one attached hydrogen (secondary N) is 1. The summed E-state index contributed by atoms with van der Waals surface area (Å²) < 4.78 is 18.9. The third-order valence-corrected chi connectivity index (χ3v) is 6.58. The summed E-state index contributed by atoms with van der Waals surface area (Å²) in [7, 11) is 0. The Kier molecular flexibility index (Phi) is 8.90. The van der Waals surface area contributed by atoms with Crippen LogP contribution in [0.3, 0.4) is 0 Å². The molecule has 3 rings (SSSR count). The molecule has 28 heavy (non-hydrogen) atoms. The fourth-order valence-corrected chi connectivity index (χ4v) is 4.70. The monoisotopic (exact) mass is 404 g/mol. The van der Waals surface area contributed by atoms with Crippen molar-refractivity contribution in [1.82, 2.24) is 10.3 Å². The van der Waals surface area contributed by atoms with Crippen molar-refractivity contribution in [3.63, 3.8) is 0 Å². The van der Waals surface area contributed by atoms with Crippen molar-refractivity contribution in [2.24, 2.45) is 5.92 Å². The third-order valence-electron chi connectivity index (χ3n) is 5.52. The van der Waals surface area contributed by atoms with Crippen molar-refractivity contribution in [2.75, 3.05) is 19.7 Å². The van der Waals surface area contributed by atoms with Gasteiger partial charge >= 0.3 is 0 Å². The van der Waals surface area contributed by atoms with Gasteiger partial charge in [-0.05, 0) is 75.9 Å². The molecule has 3 nitrogen and oxygen atoms in total. The minimum Gasteiger partial charge on any atom is -0.375 e. The Balaban J connectivity index is 1.28. The minimum atomic E-state index is -0.216. The topological polar surface area (TPSA) is 34.1 Å². The van der Waals surface area contributed by atoms with Crippen LogP contribution in [0.25, 0.3) is 10.6 Å². The highest BCUT2D eigenvalue weighted by molar-refractivity contribution is 7.15. The van der Waals surface area contributed by atoms with Crippen LogP contribution in [0.4, 0.5) is 4.39 Å². The van der Waals surface area contributed by atoms with E-state index in [1.54, 1.807) is 23.5 Å². The van der Waals surface area contributed by atoms with Crippen molar-refractivity contribution >= 4 is 11.3 Å². The maximum atomic E-state index is 13.1. The lowest BCUT2D eigenvalue weighted by Crippen LogP contribution is -2.20. The summed E-state index contributed by atoms with van der Waals surface area (Å²) in [5.74, 6) is 0.674. The summed E-state index contributed by atoms with van der Waals surface area (Å²) in [6, 6.07) is 6.52. The molecule has 1 fully saturated rings. The number of aromatic nitrogens is 1. The van der Waals surface area contributed by atoms with Crippen molar-refractivity contribution in [1.29, 1.82) is 0 Å². The third kappa shape index (κ3) is 6.94. The molecule has 2 aromatic rings. The fraction of sp³-hybridized carbons (Fsp3) is 0.609. The van der Waals surface area contributed by atoms with E-state index in [4.69, 9.17) is 4.74 Å². The van der Waals surface area contributed by atoms with Gasteiger partial charge in [0.2, 0.25) is 0 Å². The van der Waals surface area contributed by atoms with Gasteiger partial charge in [0, 0.05) is 17.0 Å². The summed E-state index contributed by atoms with van der Waals surface area (Å²) in [5.41, 5.74) is 1.97. The minimum absolute atomic E-state index is 0.216. The maximum Gasteiger partial charge on any atom is 0.123 e. The second kappa shape index (κ2) is 11.6. The van der Waals surface area contributed by atoms with Crippen LogP contribution >= 0.6 is 11.3 Å². The summed E-state index contributed by atoms with van der Waals surface area (Å²) in [6.45, 7) is 5.87. The first-order valence-corrected chi connectivity index (χ1v) is 11.5. The van der Waals surface area contributed by atoms with E-state index in [1.807, 2.05) is 0 Å². The molecule has 2 heterocycles. The number of hydrogen-bond acceptors (Lipinski definition) is 4. The largest absolute Gasteiger partial charge is 0.375 e. The predicted octanol–water partition coefficient (Wildman–Crippen LogP) is 6.11. The Morgan fingerprint density at radius 3 is 2.82 bits per heavy atom. The molecule has 154 valence electrons. The highest BCUT2D eigenvalue weighted by atomic mass is 32.1. The zero-order chi connectivity index (χ0) is 19.6. The first-order valence-electron chi connectivity index (χ1n) is 10.7. The molecule has 1 aromatic heterocycles. The van der Waals surface area contributed by atoms with Gasteiger partial charge in [-0.15, -0.1) is 11.3 Å². The zero-order valence-corrected chi connectivity index (χ0v) is 17.8. The number of rotatable bonds is 10. The molecule has 1 aliphatic rings. The Hall–Kier alpha value is -1.30. The molecular weight excluding hydrogens is 371 g/mol. The zero-order valence-electron chi connectivity index (χ0n) is 17.0. The van der Waals surface area contributed by atoms with Gasteiger partial charge in [0.15, 0.2) is 0 Å². The molecule has 1 unspecified atom stereocenters. The number of aryl methyl sites for hydroxylation is 1. The standard InChI is InChI=1S/C23H33FN2OS/c1-18-22(26-23(28-18)20-10-12-21(24)13-11-20)17-27-15-7-3-2-4-8-19-9-5-6-14-25-16-19/h10-13,19,25H,2-9,14-17H2,1H3. The van der Waals surface area contributed by atoms with E-state index < -0.39 is 0 Å². The Morgan fingerprint density at radius 2 is 1.96 bits per heavy atom. The second-order valence-electron chi connectivity index (χ2n) is 7.85. The van der Waals surface area contributed by atoms with Crippen molar-refractivity contribution in [2.45, 2.75) is 64.9 Å². The smallest absolute Gasteiger partial charge is 0.123 e. The van der Waals surface area contributed by atoms with Crippen LogP contribution in [-0.4, -0.2) is 24.7 Å². The van der Waals surface area contributed by atoms with Crippen molar-refractivity contribution in [3.05, 3.63) is 40.7 Å². The number of benzene rings is 1. The maximum absolute atomic E-state index is 13.1. The van der Waals surface area contributed by atoms with Gasteiger partial charge in [0.1, 0.15) is 10.8 Å².